The van der Waals surface area contributed by atoms with Gasteiger partial charge in [-0.3, -0.25) is 9.78 Å². The number of hydrogen-bond acceptors (Lipinski definition) is 6. The lowest BCUT2D eigenvalue weighted by Crippen LogP contribution is -2.53. The number of esters is 1. The van der Waals surface area contributed by atoms with Crippen molar-refractivity contribution in [1.82, 2.24) is 15.6 Å². The maximum absolute atomic E-state index is 12.8. The molecule has 1 fully saturated rings. The molecule has 2 atom stereocenters. The molecule has 28 heavy (non-hydrogen) atoms. The van der Waals surface area contributed by atoms with Crippen molar-refractivity contribution in [3.05, 3.63) is 30.1 Å². The van der Waals surface area contributed by atoms with Gasteiger partial charge in [-0.05, 0) is 45.2 Å². The van der Waals surface area contributed by atoms with E-state index in [1.807, 2.05) is 0 Å². The molecule has 0 saturated heterocycles. The lowest BCUT2D eigenvalue weighted by Gasteiger charge is -2.24. The monoisotopic (exact) mass is 391 g/mol. The molecule has 2 rings (SSSR count). The smallest absolute Gasteiger partial charge is 0.408 e. The van der Waals surface area contributed by atoms with Crippen molar-refractivity contribution in [1.29, 1.82) is 0 Å². The first-order chi connectivity index (χ1) is 13.2. The van der Waals surface area contributed by atoms with Gasteiger partial charge in [0.1, 0.15) is 17.7 Å². The van der Waals surface area contributed by atoms with E-state index < -0.39 is 35.7 Å². The number of methoxy groups -OCH3 is 1. The SMILES string of the molecule is COC(=O)[C@H](Cc1ccccn1)NC(=O)[C@H](CC1CC1)NC(=O)OC(C)(C)C. The van der Waals surface area contributed by atoms with Crippen LogP contribution in [0.3, 0.4) is 0 Å². The van der Waals surface area contributed by atoms with Crippen LogP contribution in [0.4, 0.5) is 4.79 Å². The van der Waals surface area contributed by atoms with Gasteiger partial charge in [-0.1, -0.05) is 18.9 Å². The largest absolute Gasteiger partial charge is 0.467 e. The van der Waals surface area contributed by atoms with Crippen molar-refractivity contribution in [2.24, 2.45) is 5.92 Å². The normalized spacial score (nSPS) is 15.9. The summed E-state index contributed by atoms with van der Waals surface area (Å²) < 4.78 is 10.1. The Balaban J connectivity index is 2.05. The minimum absolute atomic E-state index is 0.196. The number of hydrogen-bond donors (Lipinski definition) is 2. The molecule has 1 saturated carbocycles. The fourth-order valence-electron chi connectivity index (χ4n) is 2.70. The van der Waals surface area contributed by atoms with Gasteiger partial charge < -0.3 is 20.1 Å². The van der Waals surface area contributed by atoms with Crippen LogP contribution in [-0.2, 0) is 25.5 Å². The number of carbonyl (C=O) groups excluding carboxylic acids is 3. The quantitative estimate of drug-likeness (QED) is 0.656. The van der Waals surface area contributed by atoms with Gasteiger partial charge in [-0.2, -0.15) is 0 Å². The second-order valence-electron chi connectivity index (χ2n) is 7.99. The highest BCUT2D eigenvalue weighted by Gasteiger charge is 2.33. The third kappa shape index (κ3) is 7.54. The molecule has 1 heterocycles. The molecule has 0 aromatic carbocycles. The zero-order valence-corrected chi connectivity index (χ0v) is 16.9. The minimum atomic E-state index is -0.894. The first-order valence-electron chi connectivity index (χ1n) is 9.45. The van der Waals surface area contributed by atoms with Crippen LogP contribution in [0.25, 0.3) is 0 Å². The number of ether oxygens (including phenoxy) is 2. The topological polar surface area (TPSA) is 107 Å². The number of nitrogens with zero attached hydrogens (tertiary/aromatic N) is 1. The van der Waals surface area contributed by atoms with Crippen LogP contribution in [0.15, 0.2) is 24.4 Å². The Hall–Kier alpha value is -2.64. The van der Waals surface area contributed by atoms with Gasteiger partial charge >= 0.3 is 12.1 Å². The van der Waals surface area contributed by atoms with Crippen LogP contribution in [-0.4, -0.2) is 47.7 Å². The van der Waals surface area contributed by atoms with E-state index in [1.165, 1.54) is 7.11 Å². The Morgan fingerprint density at radius 1 is 1.18 bits per heavy atom. The van der Waals surface area contributed by atoms with Gasteiger partial charge in [-0.25, -0.2) is 9.59 Å². The van der Waals surface area contributed by atoms with E-state index in [0.29, 0.717) is 18.0 Å². The number of alkyl carbamates (subject to hydrolysis) is 1. The molecule has 0 radical (unpaired) electrons. The van der Waals surface area contributed by atoms with Crippen LogP contribution in [0.1, 0.15) is 45.7 Å². The molecule has 1 aliphatic carbocycles. The highest BCUT2D eigenvalue weighted by atomic mass is 16.6. The Morgan fingerprint density at radius 3 is 2.43 bits per heavy atom. The molecular formula is C20H29N3O5. The average Bonchev–Trinajstić information content (AvgIpc) is 3.43. The zero-order valence-electron chi connectivity index (χ0n) is 16.9. The van der Waals surface area contributed by atoms with Crippen LogP contribution < -0.4 is 10.6 Å². The third-order valence-corrected chi connectivity index (χ3v) is 4.22. The van der Waals surface area contributed by atoms with E-state index in [4.69, 9.17) is 9.47 Å². The predicted octanol–water partition coefficient (Wildman–Crippen LogP) is 1.98. The molecule has 0 unspecified atom stereocenters. The highest BCUT2D eigenvalue weighted by Crippen LogP contribution is 2.33. The second kappa shape index (κ2) is 9.52. The van der Waals surface area contributed by atoms with Crippen molar-refractivity contribution < 1.29 is 23.9 Å². The van der Waals surface area contributed by atoms with Crippen molar-refractivity contribution in [3.63, 3.8) is 0 Å². The van der Waals surface area contributed by atoms with Gasteiger partial charge in [0.25, 0.3) is 0 Å². The number of amides is 2. The summed E-state index contributed by atoms with van der Waals surface area (Å²) in [6.45, 7) is 5.26. The number of pyridine rings is 1. The first kappa shape index (κ1) is 21.7. The molecule has 1 aromatic rings. The standard InChI is InChI=1S/C20H29N3O5/c1-20(2,3)28-19(26)23-15(11-13-8-9-13)17(24)22-16(18(25)27-4)12-14-7-5-6-10-21-14/h5-7,10,13,15-16H,8-9,11-12H2,1-4H3,(H,22,24)(H,23,26)/t15-,16-/m0/s1. The molecular weight excluding hydrogens is 362 g/mol. The summed E-state index contributed by atoms with van der Waals surface area (Å²) in [7, 11) is 1.26. The van der Waals surface area contributed by atoms with Crippen molar-refractivity contribution in [2.45, 2.75) is 64.1 Å². The highest BCUT2D eigenvalue weighted by molar-refractivity contribution is 5.89. The van der Waals surface area contributed by atoms with E-state index in [0.717, 1.165) is 12.8 Å². The van der Waals surface area contributed by atoms with Gasteiger partial charge in [0.2, 0.25) is 5.91 Å². The lowest BCUT2D eigenvalue weighted by molar-refractivity contribution is -0.145. The van der Waals surface area contributed by atoms with Gasteiger partial charge in [0.05, 0.1) is 7.11 Å². The summed E-state index contributed by atoms with van der Waals surface area (Å²) in [6.07, 6.45) is 3.70. The molecule has 2 N–H and O–H groups in total. The molecule has 1 aliphatic rings. The van der Waals surface area contributed by atoms with Crippen LogP contribution in [0.2, 0.25) is 0 Å². The van der Waals surface area contributed by atoms with E-state index in [1.54, 1.807) is 45.2 Å². The van der Waals surface area contributed by atoms with Crippen molar-refractivity contribution in [2.75, 3.05) is 7.11 Å². The van der Waals surface area contributed by atoms with E-state index in [2.05, 4.69) is 15.6 Å². The maximum atomic E-state index is 12.8. The molecule has 2 amide bonds. The first-order valence-corrected chi connectivity index (χ1v) is 9.45. The Bertz CT molecular complexity index is 683. The summed E-state index contributed by atoms with van der Waals surface area (Å²) in [4.78, 5) is 41.3. The van der Waals surface area contributed by atoms with Gasteiger partial charge in [0, 0.05) is 18.3 Å². The van der Waals surface area contributed by atoms with E-state index >= 15 is 0 Å². The molecule has 154 valence electrons. The minimum Gasteiger partial charge on any atom is -0.467 e. The summed E-state index contributed by atoms with van der Waals surface area (Å²) in [5.41, 5.74) is -0.0184. The maximum Gasteiger partial charge on any atom is 0.408 e. The van der Waals surface area contributed by atoms with Crippen molar-refractivity contribution in [3.8, 4) is 0 Å². The van der Waals surface area contributed by atoms with Crippen LogP contribution in [0.5, 0.6) is 0 Å². The Morgan fingerprint density at radius 2 is 1.89 bits per heavy atom. The predicted molar refractivity (Wildman–Crippen MR) is 102 cm³/mol. The Kier molecular flexibility index (Phi) is 7.37. The van der Waals surface area contributed by atoms with E-state index in [9.17, 15) is 14.4 Å². The lowest BCUT2D eigenvalue weighted by atomic mass is 10.1. The Labute approximate surface area is 165 Å². The van der Waals surface area contributed by atoms with Crippen LogP contribution in [0, 0.1) is 5.92 Å². The molecule has 0 spiro atoms. The molecule has 8 heteroatoms. The number of carbonyl (C=O) groups is 3. The van der Waals surface area contributed by atoms with Crippen molar-refractivity contribution >= 4 is 18.0 Å². The third-order valence-electron chi connectivity index (χ3n) is 4.22. The number of rotatable bonds is 8. The summed E-state index contributed by atoms with van der Waals surface area (Å²) in [6, 6.07) is 3.67. The van der Waals surface area contributed by atoms with Crippen LogP contribution >= 0.6 is 0 Å². The fourth-order valence-corrected chi connectivity index (χ4v) is 2.70. The molecule has 1 aromatic heterocycles. The summed E-state index contributed by atoms with van der Waals surface area (Å²) >= 11 is 0. The summed E-state index contributed by atoms with van der Waals surface area (Å²) in [5, 5.41) is 5.32. The molecule has 0 aliphatic heterocycles. The zero-order chi connectivity index (χ0) is 20.7. The van der Waals surface area contributed by atoms with Gasteiger partial charge in [-0.15, -0.1) is 0 Å². The second-order valence-corrected chi connectivity index (χ2v) is 7.99. The molecule has 8 nitrogen and oxygen atoms in total. The number of aromatic nitrogens is 1. The number of nitrogens with one attached hydrogen (secondary N) is 2. The van der Waals surface area contributed by atoms with Gasteiger partial charge in [0.15, 0.2) is 0 Å². The average molecular weight is 391 g/mol. The molecule has 0 bridgehead atoms. The fraction of sp³-hybridized carbons (Fsp3) is 0.600. The summed E-state index contributed by atoms with van der Waals surface area (Å²) in [5.74, 6) is -0.622. The van der Waals surface area contributed by atoms with E-state index in [-0.39, 0.29) is 6.42 Å².